The number of nitrogens with one attached hydrogen (secondary N) is 1. The predicted molar refractivity (Wildman–Crippen MR) is 74.7 cm³/mol. The van der Waals surface area contributed by atoms with E-state index in [2.05, 4.69) is 5.32 Å². The molecule has 0 radical (unpaired) electrons. The van der Waals surface area contributed by atoms with Crippen molar-refractivity contribution in [1.82, 2.24) is 0 Å². The second-order valence-electron chi connectivity index (χ2n) is 4.67. The number of alkyl halides is 3. The number of hydrogen-bond acceptors (Lipinski definition) is 2. The van der Waals surface area contributed by atoms with E-state index in [1.54, 1.807) is 24.3 Å². The molecule has 1 N–H and O–H groups in total. The molecule has 0 unspecified atom stereocenters. The fourth-order valence-corrected chi connectivity index (χ4v) is 2.04. The maximum Gasteiger partial charge on any atom is 0.416 e. The van der Waals surface area contributed by atoms with Crippen molar-refractivity contribution in [2.45, 2.75) is 19.6 Å². The Morgan fingerprint density at radius 1 is 1.14 bits per heavy atom. The molecule has 0 spiro atoms. The van der Waals surface area contributed by atoms with E-state index in [1.165, 1.54) is 12.1 Å². The maximum atomic E-state index is 12.9. The van der Waals surface area contributed by atoms with Gasteiger partial charge in [0.2, 0.25) is 0 Å². The van der Waals surface area contributed by atoms with Crippen molar-refractivity contribution in [1.29, 1.82) is 5.26 Å². The van der Waals surface area contributed by atoms with Crippen LogP contribution in [-0.2, 0) is 12.7 Å². The fraction of sp³-hybridized carbons (Fsp3) is 0.188. The van der Waals surface area contributed by atoms with E-state index in [-0.39, 0.29) is 12.1 Å². The summed E-state index contributed by atoms with van der Waals surface area (Å²) in [5, 5.41) is 11.9. The molecule has 0 bridgehead atoms. The summed E-state index contributed by atoms with van der Waals surface area (Å²) in [6.07, 6.45) is -4.39. The first-order valence-corrected chi connectivity index (χ1v) is 6.31. The summed E-state index contributed by atoms with van der Waals surface area (Å²) in [6.45, 7) is 1.86. The quantitative estimate of drug-likeness (QED) is 0.903. The number of halogens is 3. The molecular weight excluding hydrogens is 277 g/mol. The van der Waals surface area contributed by atoms with Crippen molar-refractivity contribution in [2.24, 2.45) is 0 Å². The van der Waals surface area contributed by atoms with Crippen LogP contribution in [-0.4, -0.2) is 0 Å². The lowest BCUT2D eigenvalue weighted by atomic mass is 10.1. The molecule has 0 atom stereocenters. The van der Waals surface area contributed by atoms with Crippen LogP contribution >= 0.6 is 0 Å². The predicted octanol–water partition coefficient (Wildman–Crippen LogP) is 4.50. The standard InChI is InChI=1S/C16H13F3N2/c1-11-6-7-12(9-20)15(8-11)21-10-13-4-2-3-5-14(13)16(17,18)19/h2-8,21H,10H2,1H3. The topological polar surface area (TPSA) is 35.8 Å². The first-order chi connectivity index (χ1) is 9.91. The molecule has 108 valence electrons. The fourth-order valence-electron chi connectivity index (χ4n) is 2.04. The summed E-state index contributed by atoms with van der Waals surface area (Å²) in [5.74, 6) is 0. The third-order valence-corrected chi connectivity index (χ3v) is 3.09. The van der Waals surface area contributed by atoms with Crippen molar-refractivity contribution < 1.29 is 13.2 Å². The van der Waals surface area contributed by atoms with Crippen molar-refractivity contribution in [3.05, 3.63) is 64.7 Å². The molecule has 5 heteroatoms. The average molecular weight is 290 g/mol. The first kappa shape index (κ1) is 14.9. The Morgan fingerprint density at radius 2 is 1.86 bits per heavy atom. The Kier molecular flexibility index (Phi) is 4.18. The highest BCUT2D eigenvalue weighted by molar-refractivity contribution is 5.59. The summed E-state index contributed by atoms with van der Waals surface area (Å²) in [4.78, 5) is 0. The van der Waals surface area contributed by atoms with Crippen LogP contribution in [0.1, 0.15) is 22.3 Å². The largest absolute Gasteiger partial charge is 0.416 e. The van der Waals surface area contributed by atoms with Gasteiger partial charge in [0.1, 0.15) is 6.07 Å². The minimum absolute atomic E-state index is 0.00775. The molecule has 0 amide bonds. The highest BCUT2D eigenvalue weighted by Gasteiger charge is 2.32. The van der Waals surface area contributed by atoms with Gasteiger partial charge in [0.15, 0.2) is 0 Å². The van der Waals surface area contributed by atoms with Crippen LogP contribution < -0.4 is 5.32 Å². The van der Waals surface area contributed by atoms with Crippen LogP contribution in [0.4, 0.5) is 18.9 Å². The molecular formula is C16H13F3N2. The maximum absolute atomic E-state index is 12.9. The lowest BCUT2D eigenvalue weighted by Gasteiger charge is -2.14. The van der Waals surface area contributed by atoms with Gasteiger partial charge in [0, 0.05) is 6.54 Å². The van der Waals surface area contributed by atoms with Gasteiger partial charge >= 0.3 is 6.18 Å². The van der Waals surface area contributed by atoms with Gasteiger partial charge in [-0.05, 0) is 36.2 Å². The normalized spacial score (nSPS) is 11.0. The van der Waals surface area contributed by atoms with Crippen LogP contribution in [0, 0.1) is 18.3 Å². The molecule has 0 saturated carbocycles. The van der Waals surface area contributed by atoms with Gasteiger partial charge in [-0.25, -0.2) is 0 Å². The second kappa shape index (κ2) is 5.88. The Bertz CT molecular complexity index is 685. The van der Waals surface area contributed by atoms with Crippen molar-refractivity contribution in [2.75, 3.05) is 5.32 Å². The zero-order valence-corrected chi connectivity index (χ0v) is 11.3. The van der Waals surface area contributed by atoms with E-state index < -0.39 is 11.7 Å². The van der Waals surface area contributed by atoms with E-state index >= 15 is 0 Å². The number of rotatable bonds is 3. The summed E-state index contributed by atoms with van der Waals surface area (Å²) in [5.41, 5.74) is 1.36. The van der Waals surface area contributed by atoms with Gasteiger partial charge in [0.05, 0.1) is 16.8 Å². The summed E-state index contributed by atoms with van der Waals surface area (Å²) in [7, 11) is 0. The number of anilines is 1. The van der Waals surface area contributed by atoms with Gasteiger partial charge in [-0.3, -0.25) is 0 Å². The van der Waals surface area contributed by atoms with Gasteiger partial charge in [-0.1, -0.05) is 24.3 Å². The van der Waals surface area contributed by atoms with Gasteiger partial charge in [-0.2, -0.15) is 18.4 Å². The number of hydrogen-bond donors (Lipinski definition) is 1. The molecule has 0 aromatic heterocycles. The first-order valence-electron chi connectivity index (χ1n) is 6.31. The van der Waals surface area contributed by atoms with E-state index in [4.69, 9.17) is 5.26 Å². The van der Waals surface area contributed by atoms with E-state index in [0.717, 1.165) is 11.6 Å². The SMILES string of the molecule is Cc1ccc(C#N)c(NCc2ccccc2C(F)(F)F)c1. The molecule has 2 aromatic carbocycles. The molecule has 2 rings (SSSR count). The molecule has 0 heterocycles. The summed E-state index contributed by atoms with van der Waals surface area (Å²) < 4.78 is 38.7. The minimum atomic E-state index is -4.39. The van der Waals surface area contributed by atoms with E-state index in [0.29, 0.717) is 11.3 Å². The Labute approximate surface area is 120 Å². The zero-order chi connectivity index (χ0) is 15.5. The molecule has 0 saturated heterocycles. The third-order valence-electron chi connectivity index (χ3n) is 3.09. The van der Waals surface area contributed by atoms with Gasteiger partial charge in [-0.15, -0.1) is 0 Å². The molecule has 21 heavy (non-hydrogen) atoms. The van der Waals surface area contributed by atoms with Crippen molar-refractivity contribution in [3.63, 3.8) is 0 Å². The lowest BCUT2D eigenvalue weighted by molar-refractivity contribution is -0.138. The summed E-state index contributed by atoms with van der Waals surface area (Å²) in [6, 6.07) is 12.6. The van der Waals surface area contributed by atoms with E-state index in [1.807, 2.05) is 13.0 Å². The molecule has 0 aliphatic carbocycles. The van der Waals surface area contributed by atoms with E-state index in [9.17, 15) is 13.2 Å². The number of nitrogens with zero attached hydrogens (tertiary/aromatic N) is 1. The second-order valence-corrected chi connectivity index (χ2v) is 4.67. The molecule has 2 nitrogen and oxygen atoms in total. The monoisotopic (exact) mass is 290 g/mol. The molecule has 0 fully saturated rings. The van der Waals surface area contributed by atoms with Gasteiger partial charge in [0.25, 0.3) is 0 Å². The molecule has 0 aliphatic heterocycles. The summed E-state index contributed by atoms with van der Waals surface area (Å²) >= 11 is 0. The van der Waals surface area contributed by atoms with Crippen LogP contribution in [0.15, 0.2) is 42.5 Å². The van der Waals surface area contributed by atoms with Crippen molar-refractivity contribution in [3.8, 4) is 6.07 Å². The number of aryl methyl sites for hydroxylation is 1. The third kappa shape index (κ3) is 3.54. The number of benzene rings is 2. The van der Waals surface area contributed by atoms with Crippen LogP contribution in [0.2, 0.25) is 0 Å². The zero-order valence-electron chi connectivity index (χ0n) is 11.3. The minimum Gasteiger partial charge on any atom is -0.380 e. The van der Waals surface area contributed by atoms with Crippen LogP contribution in [0.3, 0.4) is 0 Å². The molecule has 2 aromatic rings. The van der Waals surface area contributed by atoms with Crippen molar-refractivity contribution >= 4 is 5.69 Å². The Morgan fingerprint density at radius 3 is 2.52 bits per heavy atom. The van der Waals surface area contributed by atoms with Crippen LogP contribution in [0.5, 0.6) is 0 Å². The van der Waals surface area contributed by atoms with Crippen LogP contribution in [0.25, 0.3) is 0 Å². The Hall–Kier alpha value is -2.48. The molecule has 0 aliphatic rings. The van der Waals surface area contributed by atoms with Gasteiger partial charge < -0.3 is 5.32 Å². The highest BCUT2D eigenvalue weighted by atomic mass is 19.4. The smallest absolute Gasteiger partial charge is 0.380 e. The number of nitriles is 1. The highest BCUT2D eigenvalue weighted by Crippen LogP contribution is 2.32. The average Bonchev–Trinajstić information content (AvgIpc) is 2.44. The lowest BCUT2D eigenvalue weighted by Crippen LogP contribution is -2.12. The Balaban J connectivity index is 2.26.